The van der Waals surface area contributed by atoms with Crippen molar-refractivity contribution in [2.75, 3.05) is 27.2 Å². The maximum atomic E-state index is 12.9. The Morgan fingerprint density at radius 1 is 1.53 bits per heavy atom. The first-order chi connectivity index (χ1) is 8.99. The normalized spacial score (nSPS) is 20.3. The molecule has 1 aromatic rings. The van der Waals surface area contributed by atoms with E-state index in [0.29, 0.717) is 0 Å². The van der Waals surface area contributed by atoms with E-state index < -0.39 is 5.82 Å². The fourth-order valence-corrected chi connectivity index (χ4v) is 2.50. The first-order valence-electron chi connectivity index (χ1n) is 6.43. The van der Waals surface area contributed by atoms with Crippen LogP contribution < -0.4 is 0 Å². The Balaban J connectivity index is 2.14. The number of likely N-dealkylation sites (tertiary alicyclic amines) is 1. The molecule has 1 amide bonds. The van der Waals surface area contributed by atoms with Crippen molar-refractivity contribution in [1.29, 1.82) is 0 Å². The molecule has 0 radical (unpaired) electrons. The molecule has 0 spiro atoms. The molecule has 1 fully saturated rings. The number of hydrogen-bond acceptors (Lipinski definition) is 3. The molecule has 19 heavy (non-hydrogen) atoms. The Labute approximate surface area is 112 Å². The highest BCUT2D eigenvalue weighted by Gasteiger charge is 2.26. The summed E-state index contributed by atoms with van der Waals surface area (Å²) in [6.45, 7) is 1.87. The van der Waals surface area contributed by atoms with Crippen molar-refractivity contribution in [3.8, 4) is 5.75 Å². The van der Waals surface area contributed by atoms with E-state index in [0.717, 1.165) is 32.0 Å². The molecule has 0 bridgehead atoms. The summed E-state index contributed by atoms with van der Waals surface area (Å²) in [5.74, 6) is -1.12. The van der Waals surface area contributed by atoms with Gasteiger partial charge in [0, 0.05) is 25.7 Å². The van der Waals surface area contributed by atoms with E-state index >= 15 is 0 Å². The molecule has 4 nitrogen and oxygen atoms in total. The van der Waals surface area contributed by atoms with E-state index in [1.165, 1.54) is 12.1 Å². The van der Waals surface area contributed by atoms with Crippen molar-refractivity contribution < 1.29 is 14.3 Å². The summed E-state index contributed by atoms with van der Waals surface area (Å²) in [5, 5.41) is 9.66. The van der Waals surface area contributed by atoms with Crippen LogP contribution in [0.2, 0.25) is 0 Å². The number of aromatic hydroxyl groups is 1. The maximum absolute atomic E-state index is 12.9. The standard InChI is InChI=1S/C14H19FN2O2/c1-16-7-3-4-11(9-16)17(2)14(19)12-6-5-10(15)8-13(12)18/h5-6,8,11,18H,3-4,7,9H2,1-2H3. The minimum Gasteiger partial charge on any atom is -0.507 e. The lowest BCUT2D eigenvalue weighted by Crippen LogP contribution is -2.47. The smallest absolute Gasteiger partial charge is 0.257 e. The van der Waals surface area contributed by atoms with Gasteiger partial charge in [0.1, 0.15) is 11.6 Å². The minimum absolute atomic E-state index is 0.135. The molecule has 0 aromatic heterocycles. The zero-order valence-corrected chi connectivity index (χ0v) is 11.3. The van der Waals surface area contributed by atoms with Crippen molar-refractivity contribution in [3.63, 3.8) is 0 Å². The molecule has 0 aliphatic carbocycles. The summed E-state index contributed by atoms with van der Waals surface area (Å²) in [7, 11) is 3.76. The van der Waals surface area contributed by atoms with Crippen LogP contribution in [0.5, 0.6) is 5.75 Å². The average molecular weight is 266 g/mol. The van der Waals surface area contributed by atoms with Gasteiger partial charge in [-0.05, 0) is 38.6 Å². The number of phenolic OH excluding ortho intramolecular Hbond substituents is 1. The first kappa shape index (κ1) is 13.8. The highest BCUT2D eigenvalue weighted by atomic mass is 19.1. The van der Waals surface area contributed by atoms with Crippen LogP contribution in [0.15, 0.2) is 18.2 Å². The number of carbonyl (C=O) groups excluding carboxylic acids is 1. The van der Waals surface area contributed by atoms with Gasteiger partial charge in [-0.2, -0.15) is 0 Å². The number of hydrogen-bond donors (Lipinski definition) is 1. The van der Waals surface area contributed by atoms with Crippen LogP contribution in [0.1, 0.15) is 23.2 Å². The van der Waals surface area contributed by atoms with E-state index in [4.69, 9.17) is 0 Å². The molecular weight excluding hydrogens is 247 g/mol. The van der Waals surface area contributed by atoms with Gasteiger partial charge >= 0.3 is 0 Å². The van der Waals surface area contributed by atoms with Crippen molar-refractivity contribution >= 4 is 5.91 Å². The highest BCUT2D eigenvalue weighted by molar-refractivity contribution is 5.96. The molecule has 0 saturated carbocycles. The molecule has 1 saturated heterocycles. The van der Waals surface area contributed by atoms with E-state index in [2.05, 4.69) is 4.90 Å². The molecule has 1 N–H and O–H groups in total. The van der Waals surface area contributed by atoms with Crippen LogP contribution in [0, 0.1) is 5.82 Å². The lowest BCUT2D eigenvalue weighted by molar-refractivity contribution is 0.0641. The summed E-state index contributed by atoms with van der Waals surface area (Å²) in [5.41, 5.74) is 0.150. The molecule has 1 aromatic carbocycles. The number of amides is 1. The summed E-state index contributed by atoms with van der Waals surface area (Å²) < 4.78 is 12.9. The number of carbonyl (C=O) groups is 1. The second kappa shape index (κ2) is 5.57. The van der Waals surface area contributed by atoms with Gasteiger partial charge in [-0.15, -0.1) is 0 Å². The number of rotatable bonds is 2. The zero-order chi connectivity index (χ0) is 14.0. The van der Waals surface area contributed by atoms with Crippen molar-refractivity contribution in [3.05, 3.63) is 29.6 Å². The average Bonchev–Trinajstić information content (AvgIpc) is 2.37. The van der Waals surface area contributed by atoms with Gasteiger partial charge in [-0.25, -0.2) is 4.39 Å². The van der Waals surface area contributed by atoms with Gasteiger partial charge in [0.2, 0.25) is 0 Å². The summed E-state index contributed by atoms with van der Waals surface area (Å²) in [4.78, 5) is 16.1. The minimum atomic E-state index is -0.547. The number of benzene rings is 1. The summed E-state index contributed by atoms with van der Waals surface area (Å²) in [6, 6.07) is 3.62. The molecule has 1 unspecified atom stereocenters. The van der Waals surface area contributed by atoms with E-state index in [1.54, 1.807) is 11.9 Å². The fraction of sp³-hybridized carbons (Fsp3) is 0.500. The lowest BCUT2D eigenvalue weighted by atomic mass is 10.0. The van der Waals surface area contributed by atoms with Crippen molar-refractivity contribution in [1.82, 2.24) is 9.80 Å². The van der Waals surface area contributed by atoms with Gasteiger partial charge in [0.25, 0.3) is 5.91 Å². The van der Waals surface area contributed by atoms with E-state index in [9.17, 15) is 14.3 Å². The predicted molar refractivity (Wildman–Crippen MR) is 70.7 cm³/mol. The van der Waals surface area contributed by atoms with E-state index in [1.807, 2.05) is 7.05 Å². The third-order valence-electron chi connectivity index (χ3n) is 3.66. The van der Waals surface area contributed by atoms with E-state index in [-0.39, 0.29) is 23.3 Å². The Morgan fingerprint density at radius 2 is 2.26 bits per heavy atom. The van der Waals surface area contributed by atoms with Crippen LogP contribution in [-0.4, -0.2) is 54.0 Å². The number of nitrogens with zero attached hydrogens (tertiary/aromatic N) is 2. The second-order valence-corrected chi connectivity index (χ2v) is 5.14. The highest BCUT2D eigenvalue weighted by Crippen LogP contribution is 2.22. The van der Waals surface area contributed by atoms with Crippen molar-refractivity contribution in [2.45, 2.75) is 18.9 Å². The Kier molecular flexibility index (Phi) is 4.04. The zero-order valence-electron chi connectivity index (χ0n) is 11.3. The molecule has 2 rings (SSSR count). The third-order valence-corrected chi connectivity index (χ3v) is 3.66. The largest absolute Gasteiger partial charge is 0.507 e. The predicted octanol–water partition coefficient (Wildman–Crippen LogP) is 1.70. The van der Waals surface area contributed by atoms with Crippen LogP contribution in [0.4, 0.5) is 4.39 Å². The van der Waals surface area contributed by atoms with Gasteiger partial charge < -0.3 is 14.9 Å². The van der Waals surface area contributed by atoms with Gasteiger partial charge in [-0.1, -0.05) is 0 Å². The Hall–Kier alpha value is -1.62. The monoisotopic (exact) mass is 266 g/mol. The quantitative estimate of drug-likeness (QED) is 0.886. The van der Waals surface area contributed by atoms with Crippen LogP contribution in [-0.2, 0) is 0 Å². The van der Waals surface area contributed by atoms with Gasteiger partial charge in [0.05, 0.1) is 5.56 Å². The molecule has 104 valence electrons. The molecule has 1 atom stereocenters. The first-order valence-corrected chi connectivity index (χ1v) is 6.43. The Morgan fingerprint density at radius 3 is 2.89 bits per heavy atom. The van der Waals surface area contributed by atoms with Crippen molar-refractivity contribution in [2.24, 2.45) is 0 Å². The number of piperidine rings is 1. The second-order valence-electron chi connectivity index (χ2n) is 5.14. The number of phenols is 1. The summed E-state index contributed by atoms with van der Waals surface area (Å²) in [6.07, 6.45) is 2.00. The lowest BCUT2D eigenvalue weighted by Gasteiger charge is -2.35. The Bertz CT molecular complexity index is 479. The molecule has 1 heterocycles. The fourth-order valence-electron chi connectivity index (χ4n) is 2.50. The van der Waals surface area contributed by atoms with Crippen LogP contribution in [0.25, 0.3) is 0 Å². The summed E-state index contributed by atoms with van der Waals surface area (Å²) >= 11 is 0. The van der Waals surface area contributed by atoms with Gasteiger partial charge in [0.15, 0.2) is 0 Å². The van der Waals surface area contributed by atoms with Crippen LogP contribution >= 0.6 is 0 Å². The SMILES string of the molecule is CN1CCCC(N(C)C(=O)c2ccc(F)cc2O)C1. The molecular formula is C14H19FN2O2. The molecule has 1 aliphatic rings. The van der Waals surface area contributed by atoms with Crippen LogP contribution in [0.3, 0.4) is 0 Å². The topological polar surface area (TPSA) is 43.8 Å². The number of halogens is 1. The molecule has 1 aliphatic heterocycles. The maximum Gasteiger partial charge on any atom is 0.257 e. The third kappa shape index (κ3) is 3.04. The van der Waals surface area contributed by atoms with Gasteiger partial charge in [-0.3, -0.25) is 4.79 Å². The number of likely N-dealkylation sites (N-methyl/N-ethyl adjacent to an activating group) is 2. The molecule has 5 heteroatoms.